The molecule has 7 heteroatoms. The van der Waals surface area contributed by atoms with Gasteiger partial charge in [0.2, 0.25) is 0 Å². The predicted octanol–water partition coefficient (Wildman–Crippen LogP) is 3.35. The van der Waals surface area contributed by atoms with Crippen LogP contribution in [0.4, 0.5) is 5.82 Å². The molecule has 0 amide bonds. The molecule has 0 saturated heterocycles. The van der Waals surface area contributed by atoms with Gasteiger partial charge in [0.1, 0.15) is 11.4 Å². The third-order valence-electron chi connectivity index (χ3n) is 5.64. The fourth-order valence-corrected chi connectivity index (χ4v) is 3.84. The lowest BCUT2D eigenvalue weighted by molar-refractivity contribution is 0.0419. The van der Waals surface area contributed by atoms with Gasteiger partial charge in [0.15, 0.2) is 11.7 Å². The molecule has 1 aromatic heterocycles. The minimum absolute atomic E-state index is 0.131. The minimum Gasteiger partial charge on any atom is -0.480 e. The first-order valence-corrected chi connectivity index (χ1v) is 11.9. The number of nitrogens with two attached hydrogens (primary N) is 1. The van der Waals surface area contributed by atoms with Crippen LogP contribution >= 0.6 is 0 Å². The van der Waals surface area contributed by atoms with Gasteiger partial charge in [-0.15, -0.1) is 0 Å². The number of hydrogen-bond donors (Lipinski definition) is 2. The average molecular weight is 447 g/mol. The van der Waals surface area contributed by atoms with Gasteiger partial charge < -0.3 is 25.4 Å². The lowest BCUT2D eigenvalue weighted by Crippen LogP contribution is -2.38. The van der Waals surface area contributed by atoms with Gasteiger partial charge in [-0.2, -0.15) is 0 Å². The number of carbonyl (C=O) groups excluding carboxylic acids is 1. The van der Waals surface area contributed by atoms with Crippen molar-refractivity contribution >= 4 is 11.8 Å². The van der Waals surface area contributed by atoms with Crippen LogP contribution in [0.1, 0.15) is 64.6 Å². The number of nitrogens with zero attached hydrogens (tertiary/aromatic N) is 2. The molecule has 3 N–H and O–H groups in total. The van der Waals surface area contributed by atoms with Crippen molar-refractivity contribution in [2.45, 2.75) is 84.0 Å². The molecule has 0 aliphatic carbocycles. The number of unbranched alkanes of at least 4 members (excludes halogenated alkanes) is 1. The third-order valence-corrected chi connectivity index (χ3v) is 5.64. The van der Waals surface area contributed by atoms with E-state index < -0.39 is 11.6 Å². The second-order valence-electron chi connectivity index (χ2n) is 9.72. The molecule has 180 valence electrons. The van der Waals surface area contributed by atoms with Gasteiger partial charge in [0.05, 0.1) is 12.1 Å². The number of aryl methyl sites for hydroxylation is 2. The van der Waals surface area contributed by atoms with Crippen LogP contribution in [0.5, 0.6) is 0 Å². The van der Waals surface area contributed by atoms with E-state index in [2.05, 4.69) is 29.3 Å². The normalized spacial score (nSPS) is 15.5. The maximum atomic E-state index is 11.3. The van der Waals surface area contributed by atoms with Gasteiger partial charge in [0, 0.05) is 32.4 Å². The van der Waals surface area contributed by atoms with Crippen molar-refractivity contribution in [1.29, 1.82) is 0 Å². The molecule has 0 fully saturated rings. The maximum Gasteiger partial charge on any atom is 0.197 e. The van der Waals surface area contributed by atoms with Gasteiger partial charge in [-0.25, -0.2) is 9.78 Å². The lowest BCUT2D eigenvalue weighted by atomic mass is 10.1. The molecule has 2 rings (SSSR count). The molecule has 2 atom stereocenters. The molecule has 1 aromatic rings. The van der Waals surface area contributed by atoms with E-state index in [1.807, 2.05) is 26.7 Å². The quantitative estimate of drug-likeness (QED) is 0.273. The molecule has 0 bridgehead atoms. The van der Waals surface area contributed by atoms with Crippen LogP contribution in [0, 0.1) is 0 Å². The fourth-order valence-electron chi connectivity index (χ4n) is 3.84. The van der Waals surface area contributed by atoms with Crippen molar-refractivity contribution in [3.8, 4) is 0 Å². The zero-order valence-electron chi connectivity index (χ0n) is 20.6. The molecular formula is C25H42N4O3. The second kappa shape index (κ2) is 12.9. The average Bonchev–Trinajstić information content (AvgIpc) is 2.77. The highest BCUT2D eigenvalue weighted by Gasteiger charge is 2.21. The smallest absolute Gasteiger partial charge is 0.197 e. The Morgan fingerprint density at radius 1 is 1.31 bits per heavy atom. The maximum absolute atomic E-state index is 11.3. The summed E-state index contributed by atoms with van der Waals surface area (Å²) in [6.45, 7) is 11.3. The van der Waals surface area contributed by atoms with Gasteiger partial charge in [0.25, 0.3) is 0 Å². The molecule has 0 radical (unpaired) electrons. The summed E-state index contributed by atoms with van der Waals surface area (Å²) in [5.41, 5.74) is 8.25. The monoisotopic (exact) mass is 446 g/mol. The Morgan fingerprint density at radius 2 is 2.09 bits per heavy atom. The lowest BCUT2D eigenvalue weighted by Gasteiger charge is -2.28. The first-order chi connectivity index (χ1) is 15.2. The fraction of sp³-hybridized carbons (Fsp3) is 0.720. The van der Waals surface area contributed by atoms with Crippen molar-refractivity contribution < 1.29 is 14.3 Å². The summed E-state index contributed by atoms with van der Waals surface area (Å²) in [6.07, 6.45) is 6.17. The SMILES string of the molecule is CO[C@H](C)CN(CCCCc1ccc2c(n1)NCCC2)CCC(N)C(=C=O)OC(C)(C)C. The second-order valence-corrected chi connectivity index (χ2v) is 9.72. The predicted molar refractivity (Wildman–Crippen MR) is 130 cm³/mol. The van der Waals surface area contributed by atoms with Crippen molar-refractivity contribution in [3.63, 3.8) is 0 Å². The van der Waals surface area contributed by atoms with Crippen LogP contribution in [0.3, 0.4) is 0 Å². The first kappa shape index (κ1) is 26.3. The molecule has 1 aliphatic rings. The van der Waals surface area contributed by atoms with E-state index in [1.54, 1.807) is 7.11 Å². The third kappa shape index (κ3) is 9.29. The van der Waals surface area contributed by atoms with E-state index in [0.29, 0.717) is 6.42 Å². The van der Waals surface area contributed by atoms with Crippen LogP contribution in [-0.4, -0.2) is 66.9 Å². The van der Waals surface area contributed by atoms with Crippen LogP contribution in [0.2, 0.25) is 0 Å². The Bertz CT molecular complexity index is 756. The summed E-state index contributed by atoms with van der Waals surface area (Å²) in [7, 11) is 1.73. The minimum atomic E-state index is -0.463. The summed E-state index contributed by atoms with van der Waals surface area (Å²) in [5.74, 6) is 3.15. The Hall–Kier alpha value is -1.92. The van der Waals surface area contributed by atoms with Gasteiger partial charge in [-0.3, -0.25) is 0 Å². The number of anilines is 1. The van der Waals surface area contributed by atoms with Crippen molar-refractivity contribution in [1.82, 2.24) is 9.88 Å². The summed E-state index contributed by atoms with van der Waals surface area (Å²) in [6, 6.07) is 3.92. The van der Waals surface area contributed by atoms with E-state index in [4.69, 9.17) is 20.2 Å². The molecule has 0 spiro atoms. The Kier molecular flexibility index (Phi) is 10.7. The van der Waals surface area contributed by atoms with Crippen LogP contribution < -0.4 is 11.1 Å². The first-order valence-electron chi connectivity index (χ1n) is 11.9. The van der Waals surface area contributed by atoms with Crippen molar-refractivity contribution in [2.24, 2.45) is 5.73 Å². The van der Waals surface area contributed by atoms with Gasteiger partial charge in [-0.05, 0) is 84.4 Å². The van der Waals surface area contributed by atoms with Gasteiger partial charge >= 0.3 is 0 Å². The highest BCUT2D eigenvalue weighted by atomic mass is 16.5. The van der Waals surface area contributed by atoms with E-state index in [1.165, 1.54) is 12.0 Å². The largest absolute Gasteiger partial charge is 0.480 e. The summed E-state index contributed by atoms with van der Waals surface area (Å²) in [5, 5.41) is 3.41. The Morgan fingerprint density at radius 3 is 2.78 bits per heavy atom. The van der Waals surface area contributed by atoms with E-state index in [0.717, 1.165) is 63.4 Å². The Labute approximate surface area is 193 Å². The number of aromatic nitrogens is 1. The Balaban J connectivity index is 1.83. The summed E-state index contributed by atoms with van der Waals surface area (Å²) in [4.78, 5) is 18.5. The highest BCUT2D eigenvalue weighted by Crippen LogP contribution is 2.20. The number of pyridine rings is 1. The standard InChI is InChI=1S/C25H42N4O3/c1-19(31-5)17-29(16-13-22(26)23(18-30)32-25(2,3)4)15-7-6-10-21-12-11-20-9-8-14-27-24(20)28-21/h11-12,19,22H,6-10,13-17,26H2,1-5H3,(H,27,28)/t19-,22?/m1/s1. The van der Waals surface area contributed by atoms with Crippen molar-refractivity contribution in [2.75, 3.05) is 38.6 Å². The van der Waals surface area contributed by atoms with E-state index in [-0.39, 0.29) is 11.9 Å². The molecule has 7 nitrogen and oxygen atoms in total. The van der Waals surface area contributed by atoms with Crippen molar-refractivity contribution in [3.05, 3.63) is 29.1 Å². The zero-order valence-corrected chi connectivity index (χ0v) is 20.6. The topological polar surface area (TPSA) is 89.7 Å². The molecule has 2 heterocycles. The molecule has 0 saturated carbocycles. The molecule has 1 aliphatic heterocycles. The number of nitrogens with one attached hydrogen (secondary N) is 1. The molecule has 0 aromatic carbocycles. The number of hydrogen-bond acceptors (Lipinski definition) is 7. The molecule has 32 heavy (non-hydrogen) atoms. The summed E-state index contributed by atoms with van der Waals surface area (Å²) >= 11 is 0. The number of fused-ring (bicyclic) bond motifs is 1. The molecule has 1 unspecified atom stereocenters. The molecular weight excluding hydrogens is 404 g/mol. The van der Waals surface area contributed by atoms with Gasteiger partial charge in [-0.1, -0.05) is 6.07 Å². The van der Waals surface area contributed by atoms with Crippen LogP contribution in [0.25, 0.3) is 0 Å². The number of ether oxygens (including phenoxy) is 2. The van der Waals surface area contributed by atoms with E-state index >= 15 is 0 Å². The zero-order chi connectivity index (χ0) is 23.6. The van der Waals surface area contributed by atoms with Crippen LogP contribution in [0.15, 0.2) is 17.9 Å². The summed E-state index contributed by atoms with van der Waals surface area (Å²) < 4.78 is 11.2. The highest BCUT2D eigenvalue weighted by molar-refractivity contribution is 5.51. The van der Waals surface area contributed by atoms with E-state index in [9.17, 15) is 4.79 Å². The number of rotatable bonds is 13. The van der Waals surface area contributed by atoms with Crippen LogP contribution in [-0.2, 0) is 27.1 Å². The number of methoxy groups -OCH3 is 1.